The van der Waals surface area contributed by atoms with Crippen LogP contribution in [0, 0.1) is 15.9 Å². The topological polar surface area (TPSA) is 78.4 Å². The van der Waals surface area contributed by atoms with Crippen molar-refractivity contribution in [2.45, 2.75) is 31.4 Å². The number of nitrogens with two attached hydrogens (primary N) is 1. The average molecular weight is 240 g/mol. The van der Waals surface area contributed by atoms with Gasteiger partial charge in [-0.2, -0.15) is 0 Å². The predicted molar refractivity (Wildman–Crippen MR) is 59.3 cm³/mol. The van der Waals surface area contributed by atoms with E-state index in [0.29, 0.717) is 0 Å². The first kappa shape index (κ1) is 11.8. The van der Waals surface area contributed by atoms with Crippen molar-refractivity contribution in [2.75, 3.05) is 0 Å². The molecule has 2 N–H and O–H groups in total. The second kappa shape index (κ2) is 4.67. The summed E-state index contributed by atoms with van der Waals surface area (Å²) < 4.78 is 18.6. The van der Waals surface area contributed by atoms with Crippen molar-refractivity contribution in [3.8, 4) is 5.75 Å². The van der Waals surface area contributed by atoms with Crippen LogP contribution in [0.25, 0.3) is 0 Å². The Kier molecular flexibility index (Phi) is 3.23. The number of halogens is 1. The highest BCUT2D eigenvalue weighted by atomic mass is 19.1. The Hall–Kier alpha value is -1.69. The van der Waals surface area contributed by atoms with Gasteiger partial charge in [-0.3, -0.25) is 10.1 Å². The molecule has 17 heavy (non-hydrogen) atoms. The summed E-state index contributed by atoms with van der Waals surface area (Å²) in [6, 6.07) is 3.13. The van der Waals surface area contributed by atoms with Crippen LogP contribution < -0.4 is 10.5 Å². The summed E-state index contributed by atoms with van der Waals surface area (Å²) in [4.78, 5) is 9.92. The zero-order valence-corrected chi connectivity index (χ0v) is 9.14. The van der Waals surface area contributed by atoms with Gasteiger partial charge in [-0.05, 0) is 19.3 Å². The lowest BCUT2D eigenvalue weighted by Crippen LogP contribution is -2.33. The smallest absolute Gasteiger partial charge is 0.276 e. The number of nitrogens with zero attached hydrogens (tertiary/aromatic N) is 1. The maximum Gasteiger partial charge on any atom is 0.276 e. The molecule has 0 spiro atoms. The van der Waals surface area contributed by atoms with Crippen LogP contribution in [0.4, 0.5) is 10.1 Å². The Morgan fingerprint density at radius 2 is 2.18 bits per heavy atom. The zero-order valence-electron chi connectivity index (χ0n) is 9.14. The van der Waals surface area contributed by atoms with Crippen molar-refractivity contribution >= 4 is 5.69 Å². The predicted octanol–water partition coefficient (Wildman–Crippen LogP) is 1.99. The van der Waals surface area contributed by atoms with Crippen LogP contribution in [0.2, 0.25) is 0 Å². The van der Waals surface area contributed by atoms with Crippen molar-refractivity contribution in [1.82, 2.24) is 0 Å². The molecular formula is C11H13FN2O3. The van der Waals surface area contributed by atoms with E-state index in [1.54, 1.807) is 0 Å². The molecule has 1 aliphatic rings. The van der Waals surface area contributed by atoms with Gasteiger partial charge in [0.1, 0.15) is 17.7 Å². The number of nitro groups is 1. The van der Waals surface area contributed by atoms with Gasteiger partial charge in [0.05, 0.1) is 17.1 Å². The van der Waals surface area contributed by atoms with E-state index in [4.69, 9.17) is 10.5 Å². The lowest BCUT2D eigenvalue weighted by Gasteiger charge is -2.17. The molecule has 0 amide bonds. The number of rotatable bonds is 3. The lowest BCUT2D eigenvalue weighted by molar-refractivity contribution is -0.385. The molecule has 1 aromatic carbocycles. The quantitative estimate of drug-likeness (QED) is 0.647. The maximum absolute atomic E-state index is 13.1. The molecular weight excluding hydrogens is 227 g/mol. The van der Waals surface area contributed by atoms with Crippen molar-refractivity contribution in [3.05, 3.63) is 34.1 Å². The maximum atomic E-state index is 13.1. The van der Waals surface area contributed by atoms with Crippen LogP contribution in [0.3, 0.4) is 0 Å². The molecule has 92 valence electrons. The van der Waals surface area contributed by atoms with Crippen molar-refractivity contribution in [3.63, 3.8) is 0 Å². The van der Waals surface area contributed by atoms with E-state index in [9.17, 15) is 14.5 Å². The van der Waals surface area contributed by atoms with E-state index >= 15 is 0 Å². The van der Waals surface area contributed by atoms with E-state index in [0.717, 1.165) is 31.4 Å². The van der Waals surface area contributed by atoms with E-state index in [1.807, 2.05) is 0 Å². The summed E-state index contributed by atoms with van der Waals surface area (Å²) in [5, 5.41) is 10.6. The molecule has 2 rings (SSSR count). The van der Waals surface area contributed by atoms with Crippen molar-refractivity contribution < 1.29 is 14.1 Å². The van der Waals surface area contributed by atoms with Crippen LogP contribution >= 0.6 is 0 Å². The first-order valence-electron chi connectivity index (χ1n) is 5.43. The Morgan fingerprint density at radius 3 is 2.76 bits per heavy atom. The summed E-state index contributed by atoms with van der Waals surface area (Å²) in [7, 11) is 0. The van der Waals surface area contributed by atoms with Gasteiger partial charge >= 0.3 is 0 Å². The highest BCUT2D eigenvalue weighted by Gasteiger charge is 2.26. The molecule has 1 aromatic rings. The molecule has 2 atom stereocenters. The molecule has 2 unspecified atom stereocenters. The summed E-state index contributed by atoms with van der Waals surface area (Å²) in [6.45, 7) is 0. The molecule has 0 heterocycles. The largest absolute Gasteiger partial charge is 0.488 e. The Balaban J connectivity index is 2.17. The summed E-state index contributed by atoms with van der Waals surface area (Å²) >= 11 is 0. The fraction of sp³-hybridized carbons (Fsp3) is 0.455. The monoisotopic (exact) mass is 240 g/mol. The first-order valence-corrected chi connectivity index (χ1v) is 5.43. The average Bonchev–Trinajstić information content (AvgIpc) is 2.63. The number of hydrogen-bond donors (Lipinski definition) is 1. The third-order valence-electron chi connectivity index (χ3n) is 2.86. The highest BCUT2D eigenvalue weighted by Crippen LogP contribution is 2.27. The number of hydrogen-bond acceptors (Lipinski definition) is 4. The van der Waals surface area contributed by atoms with Crippen LogP contribution in [0.5, 0.6) is 5.75 Å². The van der Waals surface area contributed by atoms with Crippen LogP contribution in [-0.4, -0.2) is 17.1 Å². The molecule has 6 heteroatoms. The van der Waals surface area contributed by atoms with E-state index in [1.165, 1.54) is 6.07 Å². The van der Waals surface area contributed by atoms with Crippen LogP contribution in [0.15, 0.2) is 18.2 Å². The van der Waals surface area contributed by atoms with Crippen molar-refractivity contribution in [2.24, 2.45) is 5.73 Å². The Labute approximate surface area is 97.5 Å². The van der Waals surface area contributed by atoms with Gasteiger partial charge in [0.15, 0.2) is 0 Å². The highest BCUT2D eigenvalue weighted by molar-refractivity contribution is 5.39. The molecule has 1 saturated carbocycles. The third kappa shape index (κ3) is 2.71. The normalized spacial score (nSPS) is 23.6. The molecule has 0 bridgehead atoms. The van der Waals surface area contributed by atoms with Crippen molar-refractivity contribution in [1.29, 1.82) is 0 Å². The minimum atomic E-state index is -0.680. The SMILES string of the molecule is NC1CCCC1Oc1cc(F)cc([N+](=O)[O-])c1. The summed E-state index contributed by atoms with van der Waals surface area (Å²) in [5.41, 5.74) is 5.50. The number of non-ortho nitro benzene ring substituents is 1. The first-order chi connectivity index (χ1) is 8.06. The second-order valence-electron chi connectivity index (χ2n) is 4.15. The number of nitro benzene ring substituents is 1. The van der Waals surface area contributed by atoms with E-state index < -0.39 is 10.7 Å². The molecule has 0 radical (unpaired) electrons. The standard InChI is InChI=1S/C11H13FN2O3/c12-7-4-8(14(15)16)6-9(5-7)17-11-3-1-2-10(11)13/h4-6,10-11H,1-3,13H2. The van der Waals surface area contributed by atoms with Gasteiger partial charge in [-0.15, -0.1) is 0 Å². The lowest BCUT2D eigenvalue weighted by atomic mass is 10.2. The minimum Gasteiger partial charge on any atom is -0.488 e. The molecule has 0 aromatic heterocycles. The Morgan fingerprint density at radius 1 is 1.41 bits per heavy atom. The van der Waals surface area contributed by atoms with Gasteiger partial charge in [0.2, 0.25) is 0 Å². The molecule has 0 saturated heterocycles. The van der Waals surface area contributed by atoms with Crippen LogP contribution in [-0.2, 0) is 0 Å². The zero-order chi connectivity index (χ0) is 12.4. The van der Waals surface area contributed by atoms with Gasteiger partial charge in [0, 0.05) is 12.1 Å². The molecule has 1 aliphatic carbocycles. The molecule has 5 nitrogen and oxygen atoms in total. The minimum absolute atomic E-state index is 0.0858. The second-order valence-corrected chi connectivity index (χ2v) is 4.15. The summed E-state index contributed by atoms with van der Waals surface area (Å²) in [5.74, 6) is -0.514. The third-order valence-corrected chi connectivity index (χ3v) is 2.86. The molecule has 0 aliphatic heterocycles. The van der Waals surface area contributed by atoms with Gasteiger partial charge < -0.3 is 10.5 Å². The number of ether oxygens (including phenoxy) is 1. The number of benzene rings is 1. The fourth-order valence-corrected chi connectivity index (χ4v) is 2.00. The molecule has 1 fully saturated rings. The van der Waals surface area contributed by atoms with Crippen LogP contribution in [0.1, 0.15) is 19.3 Å². The van der Waals surface area contributed by atoms with E-state index in [2.05, 4.69) is 0 Å². The van der Waals surface area contributed by atoms with E-state index in [-0.39, 0.29) is 23.6 Å². The van der Waals surface area contributed by atoms with Gasteiger partial charge in [-0.1, -0.05) is 0 Å². The van der Waals surface area contributed by atoms with Gasteiger partial charge in [0.25, 0.3) is 5.69 Å². The Bertz CT molecular complexity index is 439. The summed E-state index contributed by atoms with van der Waals surface area (Å²) in [6.07, 6.45) is 2.44. The van der Waals surface area contributed by atoms with Gasteiger partial charge in [-0.25, -0.2) is 4.39 Å². The fourth-order valence-electron chi connectivity index (χ4n) is 2.00.